The van der Waals surface area contributed by atoms with Gasteiger partial charge in [-0.25, -0.2) is 4.39 Å². The van der Waals surface area contributed by atoms with E-state index in [4.69, 9.17) is 11.6 Å². The highest BCUT2D eigenvalue weighted by Crippen LogP contribution is 2.42. The molecule has 0 saturated heterocycles. The summed E-state index contributed by atoms with van der Waals surface area (Å²) >= 11 is 5.42. The number of hydrogen-bond acceptors (Lipinski definition) is 2. The molecular weight excluding hydrogens is 619 g/mol. The van der Waals surface area contributed by atoms with Gasteiger partial charge in [0.05, 0.1) is 28.3 Å². The van der Waals surface area contributed by atoms with Crippen molar-refractivity contribution in [1.29, 1.82) is 0 Å². The lowest BCUT2D eigenvalue weighted by atomic mass is 9.94. The molecule has 0 aromatic heterocycles. The summed E-state index contributed by atoms with van der Waals surface area (Å²) < 4.78 is 172. The first kappa shape index (κ1) is 33.7. The lowest BCUT2D eigenvalue weighted by Gasteiger charge is -2.19. The summed E-state index contributed by atoms with van der Waals surface area (Å²) in [5.74, 6) is -7.93. The van der Waals surface area contributed by atoms with Crippen LogP contribution >= 0.6 is 11.6 Å². The summed E-state index contributed by atoms with van der Waals surface area (Å²) in [6.45, 7) is -2.99. The molecule has 4 nitrogen and oxygen atoms in total. The fourth-order valence-electron chi connectivity index (χ4n) is 3.22. The Bertz CT molecular complexity index is 1310. The molecule has 0 aliphatic heterocycles. The van der Waals surface area contributed by atoms with E-state index in [-0.39, 0.29) is 24.3 Å². The molecule has 2 rings (SSSR count). The van der Waals surface area contributed by atoms with Gasteiger partial charge in [0, 0.05) is 5.56 Å². The third kappa shape index (κ3) is 9.54. The molecule has 0 radical (unpaired) electrons. The predicted octanol–water partition coefficient (Wildman–Crippen LogP) is 7.44. The Morgan fingerprint density at radius 2 is 1.39 bits per heavy atom. The Labute approximate surface area is 226 Å². The van der Waals surface area contributed by atoms with Crippen molar-refractivity contribution in [2.24, 2.45) is 0 Å². The average Bonchev–Trinajstić information content (AvgIpc) is 2.81. The standard InChI is InChI=1S/C23H14ClF13N2O2/c24-16-6-10(2-4-13(16)21(29,30)31)14(22(32,33)34)7-17(25)11-1-3-12(15(5-11)23(35,36)37)19(41)38-8-18(40)39-9-20(26,27)28/h1-7,14H,8-9H2,(H,38,41)(H,39,40). The normalized spacial score (nSPS) is 14.0. The summed E-state index contributed by atoms with van der Waals surface area (Å²) in [6, 6.07) is 1.60. The van der Waals surface area contributed by atoms with Crippen LogP contribution in [-0.2, 0) is 17.1 Å². The monoisotopic (exact) mass is 632 g/mol. The van der Waals surface area contributed by atoms with Crippen LogP contribution in [0.2, 0.25) is 5.02 Å². The van der Waals surface area contributed by atoms with Crippen molar-refractivity contribution in [1.82, 2.24) is 10.6 Å². The van der Waals surface area contributed by atoms with Crippen LogP contribution in [0.15, 0.2) is 42.5 Å². The molecule has 0 heterocycles. The summed E-state index contributed by atoms with van der Waals surface area (Å²) in [5.41, 5.74) is -6.71. The van der Waals surface area contributed by atoms with E-state index in [0.29, 0.717) is 18.2 Å². The second kappa shape index (κ2) is 12.2. The van der Waals surface area contributed by atoms with Crippen molar-refractivity contribution in [2.45, 2.75) is 30.6 Å². The number of allylic oxidation sites excluding steroid dienone is 1. The Morgan fingerprint density at radius 1 is 0.805 bits per heavy atom. The van der Waals surface area contributed by atoms with Gasteiger partial charge in [-0.2, -0.15) is 52.7 Å². The van der Waals surface area contributed by atoms with Crippen molar-refractivity contribution in [3.63, 3.8) is 0 Å². The fraction of sp³-hybridized carbons (Fsp3) is 0.304. The van der Waals surface area contributed by atoms with E-state index in [2.05, 4.69) is 0 Å². The van der Waals surface area contributed by atoms with Gasteiger partial charge in [-0.05, 0) is 35.9 Å². The van der Waals surface area contributed by atoms with E-state index in [1.807, 2.05) is 0 Å². The molecule has 41 heavy (non-hydrogen) atoms. The molecule has 0 saturated carbocycles. The maximum absolute atomic E-state index is 14.8. The number of alkyl halides is 12. The SMILES string of the molecule is O=C(CNC(=O)c1ccc(C(F)=CC(c2ccc(C(F)(F)F)c(Cl)c2)C(F)(F)F)cc1C(F)(F)F)NCC(F)(F)F. The minimum atomic E-state index is -5.41. The van der Waals surface area contributed by atoms with Gasteiger partial charge in [0.15, 0.2) is 0 Å². The van der Waals surface area contributed by atoms with Gasteiger partial charge < -0.3 is 10.6 Å². The minimum Gasteiger partial charge on any atom is -0.345 e. The van der Waals surface area contributed by atoms with Crippen LogP contribution in [0.25, 0.3) is 5.83 Å². The first-order chi connectivity index (χ1) is 18.5. The van der Waals surface area contributed by atoms with Crippen molar-refractivity contribution >= 4 is 29.2 Å². The van der Waals surface area contributed by atoms with E-state index in [1.165, 1.54) is 5.32 Å². The van der Waals surface area contributed by atoms with Crippen LogP contribution in [0.3, 0.4) is 0 Å². The zero-order valence-corrected chi connectivity index (χ0v) is 20.4. The van der Waals surface area contributed by atoms with E-state index in [9.17, 15) is 66.7 Å². The number of hydrogen-bond donors (Lipinski definition) is 2. The van der Waals surface area contributed by atoms with Gasteiger partial charge in [-0.3, -0.25) is 9.59 Å². The summed E-state index contributed by atoms with van der Waals surface area (Å²) in [4.78, 5) is 23.5. The molecule has 226 valence electrons. The fourth-order valence-corrected chi connectivity index (χ4v) is 3.52. The Morgan fingerprint density at radius 3 is 1.88 bits per heavy atom. The van der Waals surface area contributed by atoms with Crippen LogP contribution in [0.5, 0.6) is 0 Å². The quantitative estimate of drug-likeness (QED) is 0.312. The molecule has 0 aliphatic rings. The van der Waals surface area contributed by atoms with Gasteiger partial charge in [0.2, 0.25) is 5.91 Å². The van der Waals surface area contributed by atoms with Crippen molar-refractivity contribution in [2.75, 3.05) is 13.1 Å². The molecule has 0 aliphatic carbocycles. The number of carbonyl (C=O) groups is 2. The number of rotatable bonds is 7. The van der Waals surface area contributed by atoms with Gasteiger partial charge >= 0.3 is 24.7 Å². The molecule has 0 fully saturated rings. The van der Waals surface area contributed by atoms with Crippen LogP contribution in [0.4, 0.5) is 57.1 Å². The molecule has 2 N–H and O–H groups in total. The highest BCUT2D eigenvalue weighted by atomic mass is 35.5. The van der Waals surface area contributed by atoms with Gasteiger partial charge in [-0.15, -0.1) is 0 Å². The second-order valence-corrected chi connectivity index (χ2v) is 8.51. The zero-order chi connectivity index (χ0) is 31.6. The summed E-state index contributed by atoms with van der Waals surface area (Å²) in [6.07, 6.45) is -20.8. The van der Waals surface area contributed by atoms with Crippen LogP contribution in [-0.4, -0.2) is 37.3 Å². The van der Waals surface area contributed by atoms with E-state index < -0.39 is 94.2 Å². The van der Waals surface area contributed by atoms with Gasteiger partial charge in [0.1, 0.15) is 18.3 Å². The number of nitrogens with one attached hydrogen (secondary N) is 2. The lowest BCUT2D eigenvalue weighted by Crippen LogP contribution is -2.41. The smallest absolute Gasteiger partial charge is 0.345 e. The van der Waals surface area contributed by atoms with Gasteiger partial charge in [-0.1, -0.05) is 23.7 Å². The molecule has 2 amide bonds. The van der Waals surface area contributed by atoms with Crippen molar-refractivity contribution < 1.29 is 66.7 Å². The Balaban J connectivity index is 2.42. The largest absolute Gasteiger partial charge is 0.417 e. The van der Waals surface area contributed by atoms with E-state index in [0.717, 1.165) is 0 Å². The Hall–Kier alpha value is -3.50. The second-order valence-electron chi connectivity index (χ2n) is 8.10. The lowest BCUT2D eigenvalue weighted by molar-refractivity contribution is -0.140. The highest BCUT2D eigenvalue weighted by Gasteiger charge is 2.42. The summed E-state index contributed by atoms with van der Waals surface area (Å²) in [7, 11) is 0. The molecule has 0 bridgehead atoms. The van der Waals surface area contributed by atoms with Crippen LogP contribution in [0, 0.1) is 0 Å². The van der Waals surface area contributed by atoms with E-state index in [1.54, 1.807) is 5.32 Å². The topological polar surface area (TPSA) is 58.2 Å². The van der Waals surface area contributed by atoms with Crippen LogP contribution in [0.1, 0.15) is 38.5 Å². The van der Waals surface area contributed by atoms with Gasteiger partial charge in [0.25, 0.3) is 5.91 Å². The first-order valence-corrected chi connectivity index (χ1v) is 11.0. The summed E-state index contributed by atoms with van der Waals surface area (Å²) in [5, 5.41) is 1.81. The molecule has 0 spiro atoms. The third-order valence-electron chi connectivity index (χ3n) is 5.06. The maximum Gasteiger partial charge on any atom is 0.417 e. The minimum absolute atomic E-state index is 0.0440. The number of halogens is 14. The first-order valence-electron chi connectivity index (χ1n) is 10.6. The maximum atomic E-state index is 14.8. The highest BCUT2D eigenvalue weighted by molar-refractivity contribution is 6.31. The third-order valence-corrected chi connectivity index (χ3v) is 5.38. The average molecular weight is 633 g/mol. The Kier molecular flexibility index (Phi) is 10.00. The number of carbonyl (C=O) groups excluding carboxylic acids is 2. The molecule has 2 aromatic rings. The number of amides is 2. The molecular formula is C23H14ClF13N2O2. The van der Waals surface area contributed by atoms with Crippen molar-refractivity contribution in [3.8, 4) is 0 Å². The predicted molar refractivity (Wildman–Crippen MR) is 117 cm³/mol. The molecule has 1 atom stereocenters. The number of benzene rings is 2. The van der Waals surface area contributed by atoms with Crippen LogP contribution < -0.4 is 10.6 Å². The zero-order valence-electron chi connectivity index (χ0n) is 19.6. The molecule has 18 heteroatoms. The molecule has 1 unspecified atom stereocenters. The molecule has 2 aromatic carbocycles. The van der Waals surface area contributed by atoms with Crippen molar-refractivity contribution in [3.05, 3.63) is 75.3 Å². The van der Waals surface area contributed by atoms with E-state index >= 15 is 0 Å².